The van der Waals surface area contributed by atoms with E-state index in [9.17, 15) is 14.4 Å². The highest BCUT2D eigenvalue weighted by Gasteiger charge is 2.75. The number of anilines is 1. The van der Waals surface area contributed by atoms with Gasteiger partial charge in [0.1, 0.15) is 18.4 Å². The van der Waals surface area contributed by atoms with Crippen molar-refractivity contribution in [3.05, 3.63) is 70.4 Å². The van der Waals surface area contributed by atoms with Crippen LogP contribution in [0.2, 0.25) is 0 Å². The van der Waals surface area contributed by atoms with Crippen molar-refractivity contribution < 1.29 is 23.9 Å². The molecule has 7 rings (SSSR count). The molecule has 0 bridgehead atoms. The quantitative estimate of drug-likeness (QED) is 0.480. The van der Waals surface area contributed by atoms with E-state index >= 15 is 0 Å². The van der Waals surface area contributed by atoms with Crippen molar-refractivity contribution in [2.75, 3.05) is 31.2 Å². The lowest BCUT2D eigenvalue weighted by Crippen LogP contribution is -2.49. The summed E-state index contributed by atoms with van der Waals surface area (Å²) in [5.74, 6) is 6.49. The maximum atomic E-state index is 13.3. The van der Waals surface area contributed by atoms with E-state index in [-0.39, 0.29) is 30.4 Å². The van der Waals surface area contributed by atoms with Gasteiger partial charge in [-0.3, -0.25) is 19.4 Å². The van der Waals surface area contributed by atoms with Crippen molar-refractivity contribution >= 4 is 23.6 Å². The normalized spacial score (nSPS) is 27.9. The Bertz CT molecular complexity index is 1500. The van der Waals surface area contributed by atoms with Crippen LogP contribution in [0.25, 0.3) is 0 Å². The third-order valence-electron chi connectivity index (χ3n) is 8.48. The number of cyclic esters (lactones) is 1. The average Bonchev–Trinajstić information content (AvgIpc) is 3.45. The number of nitrogens with two attached hydrogens (primary N) is 1. The number of fused-ring (bicyclic) bond motifs is 4. The number of carbonyl (C=O) groups excluding carboxylic acids is 3. The smallest absolute Gasteiger partial charge is 0.323 e. The second-order valence-corrected chi connectivity index (χ2v) is 10.2. The molecule has 4 heterocycles. The number of urea groups is 1. The van der Waals surface area contributed by atoms with E-state index < -0.39 is 17.5 Å². The number of amides is 3. The minimum atomic E-state index is -0.629. The van der Waals surface area contributed by atoms with E-state index in [4.69, 9.17) is 15.2 Å². The zero-order chi connectivity index (χ0) is 26.2. The SMILES string of the molecule is CCOc1ccc([C@@H]2N3CCOC(=O)[C@H]3[C@@H]3CC4=C5N(C4=O)c4ccc(C#CCNC(N)=O)cc4[C@]523)cc1. The number of rotatable bonds is 4. The third-order valence-corrected chi connectivity index (χ3v) is 8.48. The van der Waals surface area contributed by atoms with Gasteiger partial charge in [-0.1, -0.05) is 24.0 Å². The molecule has 2 aromatic rings. The molecule has 2 saturated heterocycles. The summed E-state index contributed by atoms with van der Waals surface area (Å²) in [6.07, 6.45) is 0.548. The van der Waals surface area contributed by atoms with Crippen LogP contribution in [0.15, 0.2) is 53.7 Å². The van der Waals surface area contributed by atoms with Crippen LogP contribution in [-0.2, 0) is 19.7 Å². The van der Waals surface area contributed by atoms with E-state index in [1.165, 1.54) is 0 Å². The molecular formula is C29H26N4O5. The van der Waals surface area contributed by atoms with Crippen LogP contribution in [0, 0.1) is 17.8 Å². The first-order chi connectivity index (χ1) is 18.5. The molecule has 0 unspecified atom stereocenters. The summed E-state index contributed by atoms with van der Waals surface area (Å²) in [4.78, 5) is 41.7. The predicted octanol–water partition coefficient (Wildman–Crippen LogP) is 1.96. The van der Waals surface area contributed by atoms with E-state index in [1.54, 1.807) is 0 Å². The predicted molar refractivity (Wildman–Crippen MR) is 137 cm³/mol. The number of morpholine rings is 1. The van der Waals surface area contributed by atoms with Crippen molar-refractivity contribution in [2.24, 2.45) is 11.7 Å². The lowest BCUT2D eigenvalue weighted by atomic mass is 9.66. The molecule has 9 nitrogen and oxygen atoms in total. The topological polar surface area (TPSA) is 114 Å². The van der Waals surface area contributed by atoms with Gasteiger partial charge in [-0.15, -0.1) is 0 Å². The Morgan fingerprint density at radius 1 is 1.24 bits per heavy atom. The number of benzene rings is 2. The van der Waals surface area contributed by atoms with Crippen molar-refractivity contribution in [3.8, 4) is 17.6 Å². The molecule has 2 fully saturated rings. The number of hydrogen-bond acceptors (Lipinski definition) is 6. The summed E-state index contributed by atoms with van der Waals surface area (Å²) < 4.78 is 11.3. The Kier molecular flexibility index (Phi) is 4.88. The molecule has 192 valence electrons. The number of esters is 1. The first-order valence-electron chi connectivity index (χ1n) is 12.9. The minimum absolute atomic E-state index is 0.0122. The molecule has 1 spiro atoms. The number of nitrogens with one attached hydrogen (secondary N) is 1. The highest BCUT2D eigenvalue weighted by Crippen LogP contribution is 2.73. The first-order valence-corrected chi connectivity index (χ1v) is 12.9. The van der Waals surface area contributed by atoms with Gasteiger partial charge in [0, 0.05) is 29.3 Å². The molecule has 0 saturated carbocycles. The zero-order valence-electron chi connectivity index (χ0n) is 20.8. The molecule has 0 radical (unpaired) electrons. The number of carbonyl (C=O) groups is 3. The minimum Gasteiger partial charge on any atom is -0.494 e. The number of ether oxygens (including phenoxy) is 2. The third kappa shape index (κ3) is 2.83. The molecule has 3 N–H and O–H groups in total. The van der Waals surface area contributed by atoms with Crippen LogP contribution in [0.4, 0.5) is 10.5 Å². The maximum absolute atomic E-state index is 13.3. The molecule has 0 aromatic heterocycles. The van der Waals surface area contributed by atoms with Gasteiger partial charge in [-0.2, -0.15) is 0 Å². The Hall–Kier alpha value is -4.29. The van der Waals surface area contributed by atoms with E-state index in [0.717, 1.165) is 39.4 Å². The Balaban J connectivity index is 1.41. The second kappa shape index (κ2) is 8.10. The molecule has 1 aliphatic carbocycles. The van der Waals surface area contributed by atoms with Gasteiger partial charge in [0.15, 0.2) is 0 Å². The van der Waals surface area contributed by atoms with Gasteiger partial charge in [0.25, 0.3) is 5.91 Å². The summed E-state index contributed by atoms with van der Waals surface area (Å²) in [5, 5.41) is 2.48. The van der Waals surface area contributed by atoms with E-state index in [2.05, 4.69) is 34.2 Å². The zero-order valence-corrected chi connectivity index (χ0v) is 20.8. The lowest BCUT2D eigenvalue weighted by Gasteiger charge is -2.40. The molecule has 9 heteroatoms. The van der Waals surface area contributed by atoms with Crippen LogP contribution in [0.3, 0.4) is 0 Å². The van der Waals surface area contributed by atoms with Crippen molar-refractivity contribution in [3.63, 3.8) is 0 Å². The summed E-state index contributed by atoms with van der Waals surface area (Å²) >= 11 is 0. The van der Waals surface area contributed by atoms with E-state index in [0.29, 0.717) is 26.2 Å². The fraction of sp³-hybridized carbons (Fsp3) is 0.345. The standard InChI is InChI=1S/C29H26N4O5/c1-2-37-18-8-6-17(7-9-18)24-29-20-14-16(4-3-11-31-28(30)36)5-10-22(20)33-25(29)19(26(33)34)15-21(29)23-27(35)38-13-12-32(23)24/h5-10,14,21,23-24H,2,11-13,15H2,1H3,(H3,30,31,36)/t21-,23+,24-,29+/m0/s1. The maximum Gasteiger partial charge on any atom is 0.323 e. The summed E-state index contributed by atoms with van der Waals surface area (Å²) in [7, 11) is 0. The van der Waals surface area contributed by atoms with Gasteiger partial charge in [0.05, 0.1) is 30.3 Å². The Morgan fingerprint density at radius 3 is 2.82 bits per heavy atom. The summed E-state index contributed by atoms with van der Waals surface area (Å²) in [6, 6.07) is 12.7. The highest BCUT2D eigenvalue weighted by molar-refractivity contribution is 6.20. The van der Waals surface area contributed by atoms with Gasteiger partial charge in [0.2, 0.25) is 0 Å². The number of nitrogens with zero attached hydrogens (tertiary/aromatic N) is 2. The van der Waals surface area contributed by atoms with Gasteiger partial charge in [-0.05, 0) is 54.8 Å². The van der Waals surface area contributed by atoms with Gasteiger partial charge in [-0.25, -0.2) is 4.79 Å². The molecule has 2 aromatic carbocycles. The average molecular weight is 511 g/mol. The lowest BCUT2D eigenvalue weighted by molar-refractivity contribution is -0.158. The van der Waals surface area contributed by atoms with Crippen LogP contribution in [0.1, 0.15) is 36.1 Å². The number of hydrogen-bond donors (Lipinski definition) is 2. The van der Waals surface area contributed by atoms with Gasteiger partial charge >= 0.3 is 12.0 Å². The summed E-state index contributed by atoms with van der Waals surface area (Å²) in [5.41, 5.74) is 10.1. The van der Waals surface area contributed by atoms with Gasteiger partial charge < -0.3 is 20.5 Å². The molecule has 38 heavy (non-hydrogen) atoms. The monoisotopic (exact) mass is 510 g/mol. The molecule has 4 aliphatic heterocycles. The highest BCUT2D eigenvalue weighted by atomic mass is 16.5. The van der Waals surface area contributed by atoms with Crippen molar-refractivity contribution in [2.45, 2.75) is 30.8 Å². The Morgan fingerprint density at radius 2 is 2.05 bits per heavy atom. The second-order valence-electron chi connectivity index (χ2n) is 10.2. The summed E-state index contributed by atoms with van der Waals surface area (Å²) in [6.45, 7) is 3.63. The van der Waals surface area contributed by atoms with E-state index in [1.807, 2.05) is 42.2 Å². The van der Waals surface area contributed by atoms with Crippen molar-refractivity contribution in [1.82, 2.24) is 10.2 Å². The fourth-order valence-corrected chi connectivity index (χ4v) is 7.34. The van der Waals surface area contributed by atoms with Crippen LogP contribution in [-0.4, -0.2) is 55.2 Å². The molecular weight excluding hydrogens is 484 g/mol. The largest absolute Gasteiger partial charge is 0.494 e. The molecule has 5 aliphatic rings. The fourth-order valence-electron chi connectivity index (χ4n) is 7.34. The Labute approximate surface area is 219 Å². The van der Waals surface area contributed by atoms with Crippen LogP contribution in [0.5, 0.6) is 5.75 Å². The van der Waals surface area contributed by atoms with Crippen LogP contribution < -0.4 is 20.7 Å². The molecule has 4 atom stereocenters. The van der Waals surface area contributed by atoms with Crippen molar-refractivity contribution in [1.29, 1.82) is 0 Å². The first kappa shape index (κ1) is 22.9. The van der Waals surface area contributed by atoms with Crippen LogP contribution >= 0.6 is 0 Å². The number of primary amides is 1. The molecule has 3 amide bonds.